The first kappa shape index (κ1) is 19.7. The van der Waals surface area contributed by atoms with Gasteiger partial charge in [-0.25, -0.2) is 0 Å². The van der Waals surface area contributed by atoms with E-state index in [1.165, 1.54) is 18.2 Å². The molecule has 0 aromatic heterocycles. The number of carbonyl (C=O) groups excluding carboxylic acids is 3. The van der Waals surface area contributed by atoms with Crippen molar-refractivity contribution < 1.29 is 24.0 Å². The lowest BCUT2D eigenvalue weighted by Crippen LogP contribution is -2.31. The minimum Gasteiger partial charge on any atom is -0.461 e. The highest BCUT2D eigenvalue weighted by atomic mass is 79.9. The monoisotopic (exact) mass is 446 g/mol. The SMILES string of the molecule is O=C(CCCN1C(=O)c2ccc(Br)cc2C1=O)OCc1cccc([N+](=O)[O-])c1. The van der Waals surface area contributed by atoms with Crippen molar-refractivity contribution in [3.05, 3.63) is 73.7 Å². The van der Waals surface area contributed by atoms with Gasteiger partial charge in [0.05, 0.1) is 16.1 Å². The van der Waals surface area contributed by atoms with E-state index in [1.807, 2.05) is 0 Å². The number of amides is 2. The van der Waals surface area contributed by atoms with Gasteiger partial charge in [0.25, 0.3) is 17.5 Å². The molecule has 0 bridgehead atoms. The second-order valence-electron chi connectivity index (χ2n) is 6.14. The molecule has 2 amide bonds. The fourth-order valence-corrected chi connectivity index (χ4v) is 3.20. The molecular formula is C19H15BrN2O6. The van der Waals surface area contributed by atoms with Crippen molar-refractivity contribution in [1.82, 2.24) is 4.90 Å². The van der Waals surface area contributed by atoms with E-state index in [-0.39, 0.29) is 43.5 Å². The summed E-state index contributed by atoms with van der Waals surface area (Å²) in [5, 5.41) is 10.7. The van der Waals surface area contributed by atoms with Crippen LogP contribution >= 0.6 is 15.9 Å². The summed E-state index contributed by atoms with van der Waals surface area (Å²) in [5.74, 6) is -1.27. The lowest BCUT2D eigenvalue weighted by atomic mass is 10.1. The van der Waals surface area contributed by atoms with E-state index in [9.17, 15) is 24.5 Å². The maximum atomic E-state index is 12.3. The van der Waals surface area contributed by atoms with Crippen molar-refractivity contribution in [2.24, 2.45) is 0 Å². The van der Waals surface area contributed by atoms with Crippen LogP contribution in [0.3, 0.4) is 0 Å². The third-order valence-electron chi connectivity index (χ3n) is 4.22. The Morgan fingerprint density at radius 1 is 1.11 bits per heavy atom. The van der Waals surface area contributed by atoms with Crippen LogP contribution in [0.5, 0.6) is 0 Å². The van der Waals surface area contributed by atoms with E-state index in [0.29, 0.717) is 21.2 Å². The smallest absolute Gasteiger partial charge is 0.306 e. The molecule has 2 aromatic carbocycles. The number of imide groups is 1. The van der Waals surface area contributed by atoms with Gasteiger partial charge in [-0.05, 0) is 30.2 Å². The van der Waals surface area contributed by atoms with Gasteiger partial charge in [-0.15, -0.1) is 0 Å². The zero-order valence-corrected chi connectivity index (χ0v) is 16.2. The van der Waals surface area contributed by atoms with Crippen LogP contribution in [0.15, 0.2) is 46.9 Å². The van der Waals surface area contributed by atoms with E-state index in [0.717, 1.165) is 4.90 Å². The Bertz CT molecular complexity index is 975. The molecule has 1 aliphatic rings. The number of carbonyl (C=O) groups is 3. The number of nitro groups is 1. The molecule has 0 atom stereocenters. The normalized spacial score (nSPS) is 12.8. The molecule has 0 N–H and O–H groups in total. The molecule has 8 nitrogen and oxygen atoms in total. The van der Waals surface area contributed by atoms with Gasteiger partial charge >= 0.3 is 5.97 Å². The largest absolute Gasteiger partial charge is 0.461 e. The van der Waals surface area contributed by atoms with Crippen LogP contribution in [0.2, 0.25) is 0 Å². The Morgan fingerprint density at radius 2 is 1.86 bits per heavy atom. The molecular weight excluding hydrogens is 432 g/mol. The minimum atomic E-state index is -0.522. The molecule has 144 valence electrons. The quantitative estimate of drug-likeness (QED) is 0.279. The summed E-state index contributed by atoms with van der Waals surface area (Å²) in [7, 11) is 0. The highest BCUT2D eigenvalue weighted by molar-refractivity contribution is 9.10. The van der Waals surface area contributed by atoms with E-state index < -0.39 is 10.9 Å². The van der Waals surface area contributed by atoms with Crippen LogP contribution in [0.25, 0.3) is 0 Å². The van der Waals surface area contributed by atoms with E-state index in [2.05, 4.69) is 15.9 Å². The summed E-state index contributed by atoms with van der Waals surface area (Å²) in [6.45, 7) is 0.0252. The number of fused-ring (bicyclic) bond motifs is 1. The number of nitrogens with zero attached hydrogens (tertiary/aromatic N) is 2. The second kappa shape index (κ2) is 8.30. The molecule has 1 aliphatic heterocycles. The second-order valence-corrected chi connectivity index (χ2v) is 7.06. The van der Waals surface area contributed by atoms with Crippen molar-refractivity contribution in [2.75, 3.05) is 6.54 Å². The molecule has 0 saturated heterocycles. The summed E-state index contributed by atoms with van der Waals surface area (Å²) in [5.41, 5.74) is 1.12. The molecule has 0 saturated carbocycles. The molecule has 9 heteroatoms. The summed E-state index contributed by atoms with van der Waals surface area (Å²) in [6.07, 6.45) is 0.284. The number of ether oxygens (including phenoxy) is 1. The van der Waals surface area contributed by atoms with Gasteiger partial charge in [0.1, 0.15) is 6.61 Å². The molecule has 28 heavy (non-hydrogen) atoms. The Morgan fingerprint density at radius 3 is 2.61 bits per heavy atom. The number of hydrogen-bond donors (Lipinski definition) is 0. The molecule has 3 rings (SSSR count). The first-order valence-corrected chi connectivity index (χ1v) is 9.21. The minimum absolute atomic E-state index is 0.0199. The van der Waals surface area contributed by atoms with E-state index in [4.69, 9.17) is 4.74 Å². The number of rotatable bonds is 7. The fraction of sp³-hybridized carbons (Fsp3) is 0.211. The zero-order chi connectivity index (χ0) is 20.3. The van der Waals surface area contributed by atoms with Crippen molar-refractivity contribution in [3.63, 3.8) is 0 Å². The van der Waals surface area contributed by atoms with E-state index >= 15 is 0 Å². The maximum absolute atomic E-state index is 12.3. The van der Waals surface area contributed by atoms with Gasteiger partial charge in [0.2, 0.25) is 0 Å². The third kappa shape index (κ3) is 4.25. The average Bonchev–Trinajstić information content (AvgIpc) is 2.91. The van der Waals surface area contributed by atoms with Crippen LogP contribution in [0.1, 0.15) is 39.1 Å². The summed E-state index contributed by atoms with van der Waals surface area (Å²) in [6, 6.07) is 10.7. The van der Waals surface area contributed by atoms with Crippen molar-refractivity contribution >= 4 is 39.4 Å². The lowest BCUT2D eigenvalue weighted by molar-refractivity contribution is -0.384. The first-order chi connectivity index (χ1) is 13.4. The number of non-ortho nitro benzene ring substituents is 1. The molecule has 0 fully saturated rings. The Kier molecular flexibility index (Phi) is 5.84. The predicted molar refractivity (Wildman–Crippen MR) is 102 cm³/mol. The summed E-state index contributed by atoms with van der Waals surface area (Å²) < 4.78 is 5.81. The van der Waals surface area contributed by atoms with Crippen molar-refractivity contribution in [3.8, 4) is 0 Å². The number of esters is 1. The van der Waals surface area contributed by atoms with Crippen LogP contribution in [-0.4, -0.2) is 34.2 Å². The topological polar surface area (TPSA) is 107 Å². The van der Waals surface area contributed by atoms with Crippen LogP contribution < -0.4 is 0 Å². The van der Waals surface area contributed by atoms with E-state index in [1.54, 1.807) is 24.3 Å². The first-order valence-electron chi connectivity index (χ1n) is 8.41. The molecule has 0 unspecified atom stereocenters. The van der Waals surface area contributed by atoms with Crippen molar-refractivity contribution in [1.29, 1.82) is 0 Å². The van der Waals surface area contributed by atoms with Gasteiger partial charge in [-0.2, -0.15) is 0 Å². The van der Waals surface area contributed by atoms with Gasteiger partial charge in [0.15, 0.2) is 0 Å². The Hall–Kier alpha value is -3.07. The molecule has 0 aliphatic carbocycles. The fourth-order valence-electron chi connectivity index (χ4n) is 2.84. The predicted octanol–water partition coefficient (Wildman–Crippen LogP) is 3.48. The molecule has 0 spiro atoms. The summed E-state index contributed by atoms with van der Waals surface area (Å²) in [4.78, 5) is 47.9. The van der Waals surface area contributed by atoms with Crippen LogP contribution in [0, 0.1) is 10.1 Å². The van der Waals surface area contributed by atoms with Gasteiger partial charge in [0, 0.05) is 29.6 Å². The highest BCUT2D eigenvalue weighted by Crippen LogP contribution is 2.26. The Labute approximate surface area is 168 Å². The molecule has 2 aromatic rings. The highest BCUT2D eigenvalue weighted by Gasteiger charge is 2.35. The van der Waals surface area contributed by atoms with Crippen LogP contribution in [0.4, 0.5) is 5.69 Å². The van der Waals surface area contributed by atoms with Gasteiger partial charge in [-0.3, -0.25) is 29.4 Å². The number of nitro benzene ring substituents is 1. The molecule has 0 radical (unpaired) electrons. The average molecular weight is 447 g/mol. The maximum Gasteiger partial charge on any atom is 0.306 e. The number of hydrogen-bond acceptors (Lipinski definition) is 6. The van der Waals surface area contributed by atoms with Crippen LogP contribution in [-0.2, 0) is 16.1 Å². The Balaban J connectivity index is 1.48. The third-order valence-corrected chi connectivity index (χ3v) is 4.71. The van der Waals surface area contributed by atoms with Crippen molar-refractivity contribution in [2.45, 2.75) is 19.4 Å². The number of halogens is 1. The summed E-state index contributed by atoms with van der Waals surface area (Å²) >= 11 is 3.27. The van der Waals surface area contributed by atoms with Gasteiger partial charge < -0.3 is 4.74 Å². The lowest BCUT2D eigenvalue weighted by Gasteiger charge is -2.13. The van der Waals surface area contributed by atoms with Gasteiger partial charge in [-0.1, -0.05) is 28.1 Å². The standard InChI is InChI=1S/C19H15BrN2O6/c20-13-6-7-15-16(10-13)19(25)21(18(15)24)8-2-5-17(23)28-11-12-3-1-4-14(9-12)22(26)27/h1,3-4,6-7,9-10H,2,5,8,11H2. The number of benzene rings is 2. The zero-order valence-electron chi connectivity index (χ0n) is 14.6. The molecule has 1 heterocycles.